The van der Waals surface area contributed by atoms with E-state index in [4.69, 9.17) is 0 Å². The average molecular weight is 535 g/mol. The van der Waals surface area contributed by atoms with Gasteiger partial charge in [0.15, 0.2) is 0 Å². The highest BCUT2D eigenvalue weighted by Crippen LogP contribution is 2.38. The van der Waals surface area contributed by atoms with Crippen LogP contribution in [0.4, 0.5) is 21.5 Å². The Balaban J connectivity index is 1.32. The number of carbonyl (C=O) groups excluding carboxylic acids is 2. The molecule has 3 N–H and O–H groups in total. The van der Waals surface area contributed by atoms with Gasteiger partial charge in [-0.3, -0.25) is 9.59 Å². The van der Waals surface area contributed by atoms with Crippen molar-refractivity contribution in [3.05, 3.63) is 126 Å². The standard InChI is InChI=1S/C33H31FN4O2/c1-23(39)38(21-20-35-19-18-24-8-4-2-5-9-24)28-15-13-27(14-16-28)36-32(25-10-6-3-7-11-25)31-29-17-12-26(34)22-30(29)37-33(31)40/h2-17,22,35-36H,18-21H2,1H3,(H,37,40)/b32-31-. The zero-order chi connectivity index (χ0) is 27.9. The topological polar surface area (TPSA) is 73.5 Å². The third-order valence-electron chi connectivity index (χ3n) is 6.81. The fraction of sp³-hybridized carbons (Fsp3) is 0.152. The van der Waals surface area contributed by atoms with Gasteiger partial charge in [-0.25, -0.2) is 4.39 Å². The third kappa shape index (κ3) is 6.27. The molecule has 0 aromatic heterocycles. The van der Waals surface area contributed by atoms with Crippen LogP contribution in [-0.2, 0) is 16.0 Å². The van der Waals surface area contributed by atoms with Crippen LogP contribution in [-0.4, -0.2) is 31.4 Å². The summed E-state index contributed by atoms with van der Waals surface area (Å²) in [6.45, 7) is 3.61. The molecule has 1 heterocycles. The van der Waals surface area contributed by atoms with Crippen molar-refractivity contribution < 1.29 is 14.0 Å². The van der Waals surface area contributed by atoms with Crippen LogP contribution in [0.1, 0.15) is 23.6 Å². The van der Waals surface area contributed by atoms with Crippen LogP contribution < -0.4 is 20.9 Å². The lowest BCUT2D eigenvalue weighted by Crippen LogP contribution is -2.36. The molecule has 1 aliphatic heterocycles. The van der Waals surface area contributed by atoms with Crippen molar-refractivity contribution in [1.29, 1.82) is 0 Å². The van der Waals surface area contributed by atoms with Crippen LogP contribution in [0.2, 0.25) is 0 Å². The molecule has 2 amide bonds. The summed E-state index contributed by atoms with van der Waals surface area (Å²) in [4.78, 5) is 27.2. The van der Waals surface area contributed by atoms with Crippen LogP contribution in [0.25, 0.3) is 11.3 Å². The number of benzene rings is 4. The minimum atomic E-state index is -0.411. The molecular formula is C33H31FN4O2. The highest BCUT2D eigenvalue weighted by atomic mass is 19.1. The number of carbonyl (C=O) groups is 2. The first-order valence-corrected chi connectivity index (χ1v) is 13.3. The van der Waals surface area contributed by atoms with Gasteiger partial charge in [0.1, 0.15) is 5.82 Å². The molecule has 7 heteroatoms. The van der Waals surface area contributed by atoms with Crippen molar-refractivity contribution in [2.45, 2.75) is 13.3 Å². The molecule has 0 saturated heterocycles. The molecule has 4 aromatic rings. The van der Waals surface area contributed by atoms with E-state index in [0.717, 1.165) is 29.9 Å². The van der Waals surface area contributed by atoms with Gasteiger partial charge in [0.25, 0.3) is 5.91 Å². The molecule has 4 aromatic carbocycles. The first kappa shape index (κ1) is 26.8. The first-order chi connectivity index (χ1) is 19.5. The Bertz CT molecular complexity index is 1520. The van der Waals surface area contributed by atoms with E-state index in [1.54, 1.807) is 17.9 Å². The van der Waals surface area contributed by atoms with Crippen molar-refractivity contribution >= 4 is 40.1 Å². The maximum absolute atomic E-state index is 13.8. The minimum Gasteiger partial charge on any atom is -0.354 e. The largest absolute Gasteiger partial charge is 0.354 e. The second-order valence-electron chi connectivity index (χ2n) is 9.59. The molecule has 0 saturated carbocycles. The average Bonchev–Trinajstić information content (AvgIpc) is 3.29. The van der Waals surface area contributed by atoms with E-state index in [-0.39, 0.29) is 11.8 Å². The number of fused-ring (bicyclic) bond motifs is 1. The smallest absolute Gasteiger partial charge is 0.258 e. The molecular weight excluding hydrogens is 503 g/mol. The van der Waals surface area contributed by atoms with Crippen molar-refractivity contribution in [2.24, 2.45) is 0 Å². The molecule has 202 valence electrons. The molecule has 40 heavy (non-hydrogen) atoms. The number of nitrogens with one attached hydrogen (secondary N) is 3. The normalized spacial score (nSPS) is 13.4. The number of nitrogens with zero attached hydrogens (tertiary/aromatic N) is 1. The number of rotatable bonds is 10. The van der Waals surface area contributed by atoms with Gasteiger partial charge in [0, 0.05) is 37.0 Å². The molecule has 1 aliphatic rings. The summed E-state index contributed by atoms with van der Waals surface area (Å²) >= 11 is 0. The molecule has 0 bridgehead atoms. The van der Waals surface area contributed by atoms with Gasteiger partial charge >= 0.3 is 0 Å². The summed E-state index contributed by atoms with van der Waals surface area (Å²) in [5.41, 5.74) is 5.77. The Morgan fingerprint density at radius 2 is 1.57 bits per heavy atom. The summed E-state index contributed by atoms with van der Waals surface area (Å²) in [5, 5.41) is 9.59. The highest BCUT2D eigenvalue weighted by Gasteiger charge is 2.28. The van der Waals surface area contributed by atoms with Gasteiger partial charge in [-0.1, -0.05) is 60.7 Å². The fourth-order valence-corrected chi connectivity index (χ4v) is 4.81. The van der Waals surface area contributed by atoms with Crippen LogP contribution in [0.5, 0.6) is 0 Å². The van der Waals surface area contributed by atoms with Crippen molar-refractivity contribution in [3.63, 3.8) is 0 Å². The zero-order valence-corrected chi connectivity index (χ0v) is 22.3. The van der Waals surface area contributed by atoms with Crippen LogP contribution in [0.3, 0.4) is 0 Å². The minimum absolute atomic E-state index is 0.0378. The summed E-state index contributed by atoms with van der Waals surface area (Å²) in [6, 6.07) is 31.7. The van der Waals surface area contributed by atoms with Gasteiger partial charge in [-0.05, 0) is 66.6 Å². The predicted molar refractivity (Wildman–Crippen MR) is 159 cm³/mol. The number of hydrogen-bond acceptors (Lipinski definition) is 4. The third-order valence-corrected chi connectivity index (χ3v) is 6.81. The molecule has 0 spiro atoms. The summed E-state index contributed by atoms with van der Waals surface area (Å²) in [5.74, 6) is -0.748. The number of halogens is 1. The van der Waals surface area contributed by atoms with E-state index in [0.29, 0.717) is 35.6 Å². The van der Waals surface area contributed by atoms with Crippen LogP contribution >= 0.6 is 0 Å². The van der Waals surface area contributed by atoms with Crippen LogP contribution in [0, 0.1) is 5.82 Å². The molecule has 0 radical (unpaired) electrons. The molecule has 6 nitrogen and oxygen atoms in total. The Morgan fingerprint density at radius 1 is 0.875 bits per heavy atom. The van der Waals surface area contributed by atoms with Gasteiger partial charge < -0.3 is 20.9 Å². The molecule has 5 rings (SSSR count). The quantitative estimate of drug-likeness (QED) is 0.174. The monoisotopic (exact) mass is 534 g/mol. The molecule has 0 atom stereocenters. The number of amides is 2. The Kier molecular flexibility index (Phi) is 8.32. The number of hydrogen-bond donors (Lipinski definition) is 3. The van der Waals surface area contributed by atoms with E-state index < -0.39 is 5.82 Å². The molecule has 0 unspecified atom stereocenters. The van der Waals surface area contributed by atoms with Gasteiger partial charge in [0.05, 0.1) is 17.0 Å². The molecule has 0 fully saturated rings. The van der Waals surface area contributed by atoms with Gasteiger partial charge in [-0.15, -0.1) is 0 Å². The van der Waals surface area contributed by atoms with E-state index in [9.17, 15) is 14.0 Å². The second kappa shape index (κ2) is 12.4. The van der Waals surface area contributed by atoms with E-state index in [2.05, 4.69) is 28.1 Å². The Morgan fingerprint density at radius 3 is 2.27 bits per heavy atom. The highest BCUT2D eigenvalue weighted by molar-refractivity contribution is 6.37. The van der Waals surface area contributed by atoms with Crippen LogP contribution in [0.15, 0.2) is 103 Å². The van der Waals surface area contributed by atoms with E-state index in [1.165, 1.54) is 17.7 Å². The maximum Gasteiger partial charge on any atom is 0.258 e. The lowest BCUT2D eigenvalue weighted by molar-refractivity contribution is -0.116. The fourth-order valence-electron chi connectivity index (χ4n) is 4.81. The summed E-state index contributed by atoms with van der Waals surface area (Å²) in [7, 11) is 0. The second-order valence-corrected chi connectivity index (χ2v) is 9.59. The summed E-state index contributed by atoms with van der Waals surface area (Å²) < 4.78 is 13.8. The Labute approximate surface area is 233 Å². The van der Waals surface area contributed by atoms with Gasteiger partial charge in [-0.2, -0.15) is 0 Å². The lowest BCUT2D eigenvalue weighted by atomic mass is 10.00. The van der Waals surface area contributed by atoms with E-state index >= 15 is 0 Å². The van der Waals surface area contributed by atoms with Crippen molar-refractivity contribution in [3.8, 4) is 0 Å². The van der Waals surface area contributed by atoms with Crippen molar-refractivity contribution in [2.75, 3.05) is 35.2 Å². The summed E-state index contributed by atoms with van der Waals surface area (Å²) in [6.07, 6.45) is 0.929. The van der Waals surface area contributed by atoms with E-state index in [1.807, 2.05) is 72.8 Å². The number of anilines is 3. The molecule has 0 aliphatic carbocycles. The zero-order valence-electron chi connectivity index (χ0n) is 22.3. The Hall–Kier alpha value is -4.75. The lowest BCUT2D eigenvalue weighted by Gasteiger charge is -2.22. The SMILES string of the molecule is CC(=O)N(CCNCCc1ccccc1)c1ccc(N/C(=C2\C(=O)Nc3cc(F)ccc32)c2ccccc2)cc1. The van der Waals surface area contributed by atoms with Gasteiger partial charge in [0.2, 0.25) is 5.91 Å². The maximum atomic E-state index is 13.8. The van der Waals surface area contributed by atoms with Crippen molar-refractivity contribution in [1.82, 2.24) is 5.32 Å². The first-order valence-electron chi connectivity index (χ1n) is 13.3. The predicted octanol–water partition coefficient (Wildman–Crippen LogP) is 5.94.